The third-order valence-electron chi connectivity index (χ3n) is 2.46. The molecule has 0 radical (unpaired) electrons. The van der Waals surface area contributed by atoms with Gasteiger partial charge in [0.2, 0.25) is 0 Å². The van der Waals surface area contributed by atoms with Gasteiger partial charge in [-0.3, -0.25) is 4.98 Å². The van der Waals surface area contributed by atoms with Crippen LogP contribution in [0.4, 0.5) is 8.78 Å². The Kier molecular flexibility index (Phi) is 4.87. The Balaban J connectivity index is 2.12. The molecule has 2 rings (SSSR count). The van der Waals surface area contributed by atoms with Crippen molar-refractivity contribution >= 4 is 31.9 Å². The van der Waals surface area contributed by atoms with E-state index in [-0.39, 0.29) is 16.6 Å². The maximum Gasteiger partial charge on any atom is 0.146 e. The number of halogens is 4. The number of pyridine rings is 1. The number of hydrogen-bond donors (Lipinski definition) is 0. The van der Waals surface area contributed by atoms with Crippen LogP contribution >= 0.6 is 31.9 Å². The molecule has 0 amide bonds. The van der Waals surface area contributed by atoms with Crippen LogP contribution in [0.3, 0.4) is 0 Å². The van der Waals surface area contributed by atoms with Crippen molar-refractivity contribution in [1.82, 2.24) is 4.98 Å². The van der Waals surface area contributed by atoms with Gasteiger partial charge in [0, 0.05) is 5.33 Å². The molecule has 0 saturated carbocycles. The summed E-state index contributed by atoms with van der Waals surface area (Å²) in [6.07, 6.45) is 1.52. The minimum atomic E-state index is -0.648. The third-order valence-corrected chi connectivity index (χ3v) is 3.64. The van der Waals surface area contributed by atoms with E-state index < -0.39 is 11.6 Å². The molecular weight excluding hydrogens is 384 g/mol. The molecule has 0 atom stereocenters. The number of rotatable bonds is 4. The van der Waals surface area contributed by atoms with Gasteiger partial charge in [-0.1, -0.05) is 15.9 Å². The van der Waals surface area contributed by atoms with Crippen molar-refractivity contribution in [3.63, 3.8) is 0 Å². The van der Waals surface area contributed by atoms with Gasteiger partial charge in [0.1, 0.15) is 24.0 Å². The number of benzene rings is 1. The van der Waals surface area contributed by atoms with Crippen molar-refractivity contribution in [2.75, 3.05) is 0 Å². The highest BCUT2D eigenvalue weighted by atomic mass is 79.9. The van der Waals surface area contributed by atoms with Gasteiger partial charge in [0.15, 0.2) is 0 Å². The van der Waals surface area contributed by atoms with Crippen molar-refractivity contribution in [2.45, 2.75) is 11.9 Å². The Bertz CT molecular complexity index is 576. The van der Waals surface area contributed by atoms with Crippen LogP contribution in [0.1, 0.15) is 11.3 Å². The van der Waals surface area contributed by atoms with Crippen LogP contribution in [-0.4, -0.2) is 4.98 Å². The van der Waals surface area contributed by atoms with Crippen LogP contribution in [0.2, 0.25) is 0 Å². The van der Waals surface area contributed by atoms with E-state index in [0.717, 1.165) is 5.69 Å². The molecule has 2 nitrogen and oxygen atoms in total. The van der Waals surface area contributed by atoms with Gasteiger partial charge in [-0.25, -0.2) is 8.78 Å². The molecular formula is C13H9Br2F2NO. The van der Waals surface area contributed by atoms with Crippen LogP contribution in [0.25, 0.3) is 0 Å². The van der Waals surface area contributed by atoms with E-state index in [1.165, 1.54) is 18.3 Å². The smallest absolute Gasteiger partial charge is 0.146 e. The van der Waals surface area contributed by atoms with Gasteiger partial charge in [0.05, 0.1) is 21.9 Å². The Morgan fingerprint density at radius 1 is 1.16 bits per heavy atom. The van der Waals surface area contributed by atoms with Gasteiger partial charge in [-0.05, 0) is 40.2 Å². The zero-order valence-corrected chi connectivity index (χ0v) is 12.8. The number of nitrogens with zero attached hydrogens (tertiary/aromatic N) is 1. The second kappa shape index (κ2) is 6.43. The summed E-state index contributed by atoms with van der Waals surface area (Å²) in [5.74, 6) is -0.820. The van der Waals surface area contributed by atoms with Crippen LogP contribution in [-0.2, 0) is 11.9 Å². The van der Waals surface area contributed by atoms with Crippen molar-refractivity contribution in [3.8, 4) is 5.75 Å². The second-order valence-corrected chi connectivity index (χ2v) is 5.14. The molecule has 1 aromatic carbocycles. The maximum absolute atomic E-state index is 13.7. The van der Waals surface area contributed by atoms with Gasteiger partial charge >= 0.3 is 0 Å². The largest absolute Gasteiger partial charge is 0.487 e. The number of aromatic nitrogens is 1. The number of hydrogen-bond acceptors (Lipinski definition) is 2. The minimum Gasteiger partial charge on any atom is -0.487 e. The fraction of sp³-hybridized carbons (Fsp3) is 0.154. The summed E-state index contributed by atoms with van der Waals surface area (Å²) < 4.78 is 32.7. The fourth-order valence-corrected chi connectivity index (χ4v) is 2.14. The highest BCUT2D eigenvalue weighted by molar-refractivity contribution is 9.10. The van der Waals surface area contributed by atoms with E-state index in [4.69, 9.17) is 4.74 Å². The van der Waals surface area contributed by atoms with Gasteiger partial charge < -0.3 is 4.74 Å². The molecule has 1 heterocycles. The average Bonchev–Trinajstić information content (AvgIpc) is 2.44. The van der Waals surface area contributed by atoms with E-state index in [0.29, 0.717) is 11.1 Å². The molecule has 0 fully saturated rings. The van der Waals surface area contributed by atoms with E-state index in [2.05, 4.69) is 36.8 Å². The lowest BCUT2D eigenvalue weighted by Crippen LogP contribution is -2.03. The minimum absolute atomic E-state index is 0.112. The summed E-state index contributed by atoms with van der Waals surface area (Å²) in [5.41, 5.74) is 0.742. The Labute approximate surface area is 126 Å². The highest BCUT2D eigenvalue weighted by Crippen LogP contribution is 2.23. The van der Waals surface area contributed by atoms with Crippen molar-refractivity contribution in [3.05, 3.63) is 57.8 Å². The molecule has 1 aromatic heterocycles. The van der Waals surface area contributed by atoms with Crippen molar-refractivity contribution < 1.29 is 13.5 Å². The molecule has 0 N–H and O–H groups in total. The number of alkyl halides is 1. The first kappa shape index (κ1) is 14.4. The normalized spacial score (nSPS) is 10.5. The lowest BCUT2D eigenvalue weighted by Gasteiger charge is -2.09. The van der Waals surface area contributed by atoms with Crippen LogP contribution in [0, 0.1) is 11.6 Å². The summed E-state index contributed by atoms with van der Waals surface area (Å²) in [5, 5.41) is 0.641. The lowest BCUT2D eigenvalue weighted by molar-refractivity contribution is 0.291. The molecule has 100 valence electrons. The van der Waals surface area contributed by atoms with Crippen molar-refractivity contribution in [2.24, 2.45) is 0 Å². The molecule has 0 saturated heterocycles. The van der Waals surface area contributed by atoms with Crippen molar-refractivity contribution in [1.29, 1.82) is 0 Å². The van der Waals surface area contributed by atoms with Crippen LogP contribution < -0.4 is 4.74 Å². The molecule has 0 aliphatic rings. The zero-order valence-electron chi connectivity index (χ0n) is 9.67. The summed E-state index contributed by atoms with van der Waals surface area (Å²) in [4.78, 5) is 4.10. The molecule has 2 aromatic rings. The summed E-state index contributed by atoms with van der Waals surface area (Å²) >= 11 is 6.29. The number of ether oxygens (including phenoxy) is 1. The van der Waals surface area contributed by atoms with E-state index >= 15 is 0 Å². The highest BCUT2D eigenvalue weighted by Gasteiger charge is 2.13. The first-order valence-electron chi connectivity index (χ1n) is 5.38. The monoisotopic (exact) mass is 391 g/mol. The first-order chi connectivity index (χ1) is 9.11. The van der Waals surface area contributed by atoms with E-state index in [9.17, 15) is 8.78 Å². The zero-order chi connectivity index (χ0) is 13.8. The molecule has 0 unspecified atom stereocenters. The standard InChI is InChI=1S/C13H9Br2F2NO/c14-5-8-1-2-9(6-18-8)19-7-10-12(16)4-3-11(15)13(10)17/h1-4,6H,5,7H2. The SMILES string of the molecule is Fc1ccc(Br)c(F)c1COc1ccc(CBr)nc1. The lowest BCUT2D eigenvalue weighted by atomic mass is 10.2. The van der Waals surface area contributed by atoms with E-state index in [1.807, 2.05) is 0 Å². The second-order valence-electron chi connectivity index (χ2n) is 3.73. The fourth-order valence-electron chi connectivity index (χ4n) is 1.43. The Morgan fingerprint density at radius 3 is 2.58 bits per heavy atom. The maximum atomic E-state index is 13.7. The molecule has 0 bridgehead atoms. The summed E-state index contributed by atoms with van der Waals surface area (Å²) in [7, 11) is 0. The molecule has 19 heavy (non-hydrogen) atoms. The summed E-state index contributed by atoms with van der Waals surface area (Å²) in [6, 6.07) is 5.99. The van der Waals surface area contributed by atoms with Crippen LogP contribution in [0.5, 0.6) is 5.75 Å². The predicted octanol–water partition coefficient (Wildman–Crippen LogP) is 4.60. The molecule has 0 aliphatic heterocycles. The van der Waals surface area contributed by atoms with Gasteiger partial charge in [-0.2, -0.15) is 0 Å². The summed E-state index contributed by atoms with van der Waals surface area (Å²) in [6.45, 7) is -0.188. The topological polar surface area (TPSA) is 22.1 Å². The Hall–Kier alpha value is -1.01. The van der Waals surface area contributed by atoms with Gasteiger partial charge in [0.25, 0.3) is 0 Å². The Morgan fingerprint density at radius 2 is 1.95 bits per heavy atom. The third kappa shape index (κ3) is 3.51. The quantitative estimate of drug-likeness (QED) is 0.560. The predicted molar refractivity (Wildman–Crippen MR) is 75.3 cm³/mol. The average molecular weight is 393 g/mol. The molecule has 0 aliphatic carbocycles. The van der Waals surface area contributed by atoms with Crippen LogP contribution in [0.15, 0.2) is 34.9 Å². The molecule has 6 heteroatoms. The van der Waals surface area contributed by atoms with E-state index in [1.54, 1.807) is 12.1 Å². The molecule has 0 spiro atoms. The first-order valence-corrected chi connectivity index (χ1v) is 7.29. The van der Waals surface area contributed by atoms with Gasteiger partial charge in [-0.15, -0.1) is 0 Å².